The molecule has 3 aromatic carbocycles. The van der Waals surface area contributed by atoms with E-state index in [0.717, 1.165) is 6.07 Å². The summed E-state index contributed by atoms with van der Waals surface area (Å²) in [6.45, 7) is 0.535. The van der Waals surface area contributed by atoms with Gasteiger partial charge in [0.05, 0.1) is 5.69 Å². The summed E-state index contributed by atoms with van der Waals surface area (Å²) in [5.41, 5.74) is 0.507. The standard InChI is InChI=1S/C23H16ClF2N3O2/c24-15-7-5-14(6-8-15)23-18-4-2-1-3-17(18)21(30)28(23)11-12-29(23)22(31)27-20-10-9-16(25)13-19(20)26/h1-10,13H,11-12H2,(H,27,31)/t23-/m1/s1. The Kier molecular flexibility index (Phi) is 4.44. The molecule has 1 fully saturated rings. The Morgan fingerprint density at radius 3 is 2.48 bits per heavy atom. The third kappa shape index (κ3) is 2.80. The smallest absolute Gasteiger partial charge is 0.306 e. The fourth-order valence-electron chi connectivity index (χ4n) is 4.50. The van der Waals surface area contributed by atoms with Gasteiger partial charge in [-0.2, -0.15) is 0 Å². The highest BCUT2D eigenvalue weighted by Gasteiger charge is 2.59. The number of carbonyl (C=O) groups excluding carboxylic acids is 2. The summed E-state index contributed by atoms with van der Waals surface area (Å²) >= 11 is 6.08. The highest BCUT2D eigenvalue weighted by atomic mass is 35.5. The fourth-order valence-corrected chi connectivity index (χ4v) is 4.63. The van der Waals surface area contributed by atoms with Gasteiger partial charge in [0.1, 0.15) is 11.6 Å². The number of hydrogen-bond acceptors (Lipinski definition) is 2. The molecule has 2 aliphatic rings. The molecular formula is C23H16ClF2N3O2. The van der Waals surface area contributed by atoms with Crippen molar-refractivity contribution in [1.82, 2.24) is 9.80 Å². The number of amides is 3. The minimum absolute atomic E-state index is 0.145. The number of halogens is 3. The zero-order valence-corrected chi connectivity index (χ0v) is 16.9. The zero-order chi connectivity index (χ0) is 21.8. The number of urea groups is 1. The van der Waals surface area contributed by atoms with E-state index >= 15 is 0 Å². The van der Waals surface area contributed by atoms with Crippen molar-refractivity contribution in [2.75, 3.05) is 18.4 Å². The molecule has 5 nitrogen and oxygen atoms in total. The van der Waals surface area contributed by atoms with Crippen LogP contribution in [-0.2, 0) is 5.66 Å². The maximum Gasteiger partial charge on any atom is 0.324 e. The molecule has 5 rings (SSSR count). The molecule has 3 amide bonds. The molecule has 0 aromatic heterocycles. The van der Waals surface area contributed by atoms with Gasteiger partial charge in [0.15, 0.2) is 5.66 Å². The second kappa shape index (κ2) is 7.06. The Morgan fingerprint density at radius 1 is 1.00 bits per heavy atom. The number of fused-ring (bicyclic) bond motifs is 3. The topological polar surface area (TPSA) is 52.7 Å². The van der Waals surface area contributed by atoms with E-state index < -0.39 is 23.3 Å². The van der Waals surface area contributed by atoms with Crippen molar-refractivity contribution < 1.29 is 18.4 Å². The summed E-state index contributed by atoms with van der Waals surface area (Å²) in [5.74, 6) is -1.81. The van der Waals surface area contributed by atoms with Crippen LogP contribution >= 0.6 is 11.6 Å². The van der Waals surface area contributed by atoms with Gasteiger partial charge in [-0.25, -0.2) is 13.6 Å². The Balaban J connectivity index is 1.64. The van der Waals surface area contributed by atoms with Crippen LogP contribution in [0.5, 0.6) is 0 Å². The maximum atomic E-state index is 14.2. The van der Waals surface area contributed by atoms with Crippen molar-refractivity contribution in [3.8, 4) is 0 Å². The van der Waals surface area contributed by atoms with Crippen LogP contribution in [0.1, 0.15) is 21.5 Å². The number of benzene rings is 3. The quantitative estimate of drug-likeness (QED) is 0.622. The average molecular weight is 440 g/mol. The van der Waals surface area contributed by atoms with Gasteiger partial charge >= 0.3 is 6.03 Å². The SMILES string of the molecule is O=C(Nc1ccc(F)cc1F)N1CCN2C(=O)c3ccccc3[C@@]12c1ccc(Cl)cc1. The average Bonchev–Trinajstić information content (AvgIpc) is 3.27. The molecule has 0 unspecified atom stereocenters. The molecule has 0 radical (unpaired) electrons. The Labute approximate surface area is 181 Å². The summed E-state index contributed by atoms with van der Waals surface area (Å²) in [7, 11) is 0. The van der Waals surface area contributed by atoms with Crippen molar-refractivity contribution in [3.63, 3.8) is 0 Å². The molecule has 3 aromatic rings. The normalized spacial score (nSPS) is 19.4. The fraction of sp³-hybridized carbons (Fsp3) is 0.130. The molecule has 0 saturated carbocycles. The first-order valence-electron chi connectivity index (χ1n) is 9.64. The first-order chi connectivity index (χ1) is 14.9. The molecule has 0 aliphatic carbocycles. The van der Waals surface area contributed by atoms with Crippen LogP contribution in [0.4, 0.5) is 19.3 Å². The molecule has 1 saturated heterocycles. The first kappa shape index (κ1) is 19.5. The highest BCUT2D eigenvalue weighted by Crippen LogP contribution is 2.49. The van der Waals surface area contributed by atoms with Gasteiger partial charge in [0.25, 0.3) is 5.91 Å². The number of anilines is 1. The number of rotatable bonds is 2. The minimum atomic E-state index is -1.20. The largest absolute Gasteiger partial charge is 0.324 e. The Hall–Kier alpha value is -3.45. The second-order valence-electron chi connectivity index (χ2n) is 7.39. The molecular weight excluding hydrogens is 424 g/mol. The lowest BCUT2D eigenvalue weighted by atomic mass is 9.90. The number of carbonyl (C=O) groups is 2. The van der Waals surface area contributed by atoms with Gasteiger partial charge in [0.2, 0.25) is 0 Å². The molecule has 0 bridgehead atoms. The van der Waals surface area contributed by atoms with Gasteiger partial charge < -0.3 is 10.2 Å². The van der Waals surface area contributed by atoms with E-state index in [2.05, 4.69) is 5.32 Å². The van der Waals surface area contributed by atoms with Gasteiger partial charge in [-0.05, 0) is 30.3 Å². The molecule has 2 aliphatic heterocycles. The molecule has 1 atom stereocenters. The number of nitrogens with zero attached hydrogens (tertiary/aromatic N) is 2. The molecule has 8 heteroatoms. The second-order valence-corrected chi connectivity index (χ2v) is 7.82. The van der Waals surface area contributed by atoms with Crippen LogP contribution in [-0.4, -0.2) is 34.8 Å². The summed E-state index contributed by atoms with van der Waals surface area (Å²) in [5, 5.41) is 3.04. The summed E-state index contributed by atoms with van der Waals surface area (Å²) < 4.78 is 27.4. The Morgan fingerprint density at radius 2 is 1.74 bits per heavy atom. The van der Waals surface area contributed by atoms with Crippen LogP contribution in [0, 0.1) is 11.6 Å². The lowest BCUT2D eigenvalue weighted by Gasteiger charge is -2.40. The van der Waals surface area contributed by atoms with E-state index in [4.69, 9.17) is 11.6 Å². The first-order valence-corrected chi connectivity index (χ1v) is 10.0. The minimum Gasteiger partial charge on any atom is -0.306 e. The highest BCUT2D eigenvalue weighted by molar-refractivity contribution is 6.30. The van der Waals surface area contributed by atoms with Crippen LogP contribution in [0.15, 0.2) is 66.7 Å². The van der Waals surface area contributed by atoms with Crippen LogP contribution in [0.2, 0.25) is 5.02 Å². The molecule has 0 spiro atoms. The van der Waals surface area contributed by atoms with E-state index in [-0.39, 0.29) is 18.1 Å². The van der Waals surface area contributed by atoms with Crippen LogP contribution in [0.25, 0.3) is 0 Å². The lowest BCUT2D eigenvalue weighted by molar-refractivity contribution is 0.0560. The monoisotopic (exact) mass is 439 g/mol. The van der Waals surface area contributed by atoms with E-state index in [1.807, 2.05) is 6.07 Å². The molecule has 1 N–H and O–H groups in total. The van der Waals surface area contributed by atoms with Gasteiger partial charge in [0, 0.05) is 40.9 Å². The van der Waals surface area contributed by atoms with Crippen LogP contribution in [0.3, 0.4) is 0 Å². The van der Waals surface area contributed by atoms with Crippen molar-refractivity contribution in [2.45, 2.75) is 5.66 Å². The predicted octanol–water partition coefficient (Wildman–Crippen LogP) is 4.82. The van der Waals surface area contributed by atoms with E-state index in [0.29, 0.717) is 34.3 Å². The van der Waals surface area contributed by atoms with E-state index in [1.165, 1.54) is 11.0 Å². The molecule has 2 heterocycles. The summed E-state index contributed by atoms with van der Waals surface area (Å²) in [4.78, 5) is 29.7. The summed E-state index contributed by atoms with van der Waals surface area (Å²) in [6, 6.07) is 16.4. The van der Waals surface area contributed by atoms with Gasteiger partial charge in [-0.15, -0.1) is 0 Å². The van der Waals surface area contributed by atoms with Crippen molar-refractivity contribution in [3.05, 3.63) is 100 Å². The number of nitrogens with one attached hydrogen (secondary N) is 1. The van der Waals surface area contributed by atoms with Crippen molar-refractivity contribution in [1.29, 1.82) is 0 Å². The van der Waals surface area contributed by atoms with E-state index in [1.54, 1.807) is 47.4 Å². The molecule has 31 heavy (non-hydrogen) atoms. The zero-order valence-electron chi connectivity index (χ0n) is 16.1. The lowest BCUT2D eigenvalue weighted by Crippen LogP contribution is -2.52. The third-order valence-corrected chi connectivity index (χ3v) is 6.02. The third-order valence-electron chi connectivity index (χ3n) is 5.77. The van der Waals surface area contributed by atoms with Crippen molar-refractivity contribution in [2.24, 2.45) is 0 Å². The van der Waals surface area contributed by atoms with Crippen LogP contribution < -0.4 is 5.32 Å². The predicted molar refractivity (Wildman–Crippen MR) is 112 cm³/mol. The summed E-state index contributed by atoms with van der Waals surface area (Å²) in [6.07, 6.45) is 0. The van der Waals surface area contributed by atoms with Crippen molar-refractivity contribution >= 4 is 29.2 Å². The Bertz CT molecular complexity index is 1220. The maximum absolute atomic E-state index is 14.2. The number of hydrogen-bond donors (Lipinski definition) is 1. The molecule has 156 valence electrons. The van der Waals surface area contributed by atoms with Gasteiger partial charge in [-0.3, -0.25) is 9.69 Å². The van der Waals surface area contributed by atoms with Gasteiger partial charge in [-0.1, -0.05) is 41.9 Å². The van der Waals surface area contributed by atoms with E-state index in [9.17, 15) is 18.4 Å².